The Balaban J connectivity index is 1.60. The number of aliphatic hydroxyl groups is 1. The van der Waals surface area contributed by atoms with Crippen LogP contribution in [0.25, 0.3) is 10.9 Å². The maximum absolute atomic E-state index is 12.0. The highest BCUT2D eigenvalue weighted by Crippen LogP contribution is 2.14. The summed E-state index contributed by atoms with van der Waals surface area (Å²) in [6, 6.07) is 9.36. The van der Waals surface area contributed by atoms with Gasteiger partial charge in [-0.1, -0.05) is 18.2 Å². The SMILES string of the molecule is O=C(NCC(=O)N1CC[C@H](O)C1)c1cc2ccccc2[nH]1. The van der Waals surface area contributed by atoms with Gasteiger partial charge in [-0.3, -0.25) is 9.59 Å². The van der Waals surface area contributed by atoms with Crippen molar-refractivity contribution in [3.8, 4) is 0 Å². The topological polar surface area (TPSA) is 85.4 Å². The van der Waals surface area contributed by atoms with E-state index in [1.54, 1.807) is 11.0 Å². The van der Waals surface area contributed by atoms with Crippen LogP contribution in [0.3, 0.4) is 0 Å². The second kappa shape index (κ2) is 5.57. The van der Waals surface area contributed by atoms with Gasteiger partial charge >= 0.3 is 0 Å². The molecule has 1 aromatic heterocycles. The maximum Gasteiger partial charge on any atom is 0.268 e. The molecule has 0 aliphatic carbocycles. The van der Waals surface area contributed by atoms with E-state index >= 15 is 0 Å². The summed E-state index contributed by atoms with van der Waals surface area (Å²) in [5.41, 5.74) is 1.32. The van der Waals surface area contributed by atoms with Crippen molar-refractivity contribution in [3.63, 3.8) is 0 Å². The number of hydrogen-bond acceptors (Lipinski definition) is 3. The third kappa shape index (κ3) is 2.90. The molecule has 1 atom stereocenters. The van der Waals surface area contributed by atoms with Gasteiger partial charge in [-0.05, 0) is 18.6 Å². The first-order chi connectivity index (χ1) is 10.1. The van der Waals surface area contributed by atoms with Crippen LogP contribution in [0.5, 0.6) is 0 Å². The summed E-state index contributed by atoms with van der Waals surface area (Å²) < 4.78 is 0. The van der Waals surface area contributed by atoms with E-state index in [0.29, 0.717) is 25.2 Å². The third-order valence-corrected chi connectivity index (χ3v) is 3.69. The lowest BCUT2D eigenvalue weighted by atomic mass is 10.2. The number of fused-ring (bicyclic) bond motifs is 1. The van der Waals surface area contributed by atoms with Crippen molar-refractivity contribution in [1.29, 1.82) is 0 Å². The number of nitrogens with one attached hydrogen (secondary N) is 2. The number of rotatable bonds is 3. The molecule has 1 aliphatic rings. The molecule has 2 heterocycles. The molecule has 0 bridgehead atoms. The number of benzene rings is 1. The predicted octanol–water partition coefficient (Wildman–Crippen LogP) is 0.491. The van der Waals surface area contributed by atoms with Gasteiger partial charge in [0.2, 0.25) is 5.91 Å². The Morgan fingerprint density at radius 2 is 2.19 bits per heavy atom. The number of carbonyl (C=O) groups excluding carboxylic acids is 2. The lowest BCUT2D eigenvalue weighted by Crippen LogP contribution is -2.39. The summed E-state index contributed by atoms with van der Waals surface area (Å²) >= 11 is 0. The largest absolute Gasteiger partial charge is 0.391 e. The van der Waals surface area contributed by atoms with Crippen molar-refractivity contribution < 1.29 is 14.7 Å². The standard InChI is InChI=1S/C15H17N3O3/c19-11-5-6-18(9-11)14(20)8-16-15(21)13-7-10-3-1-2-4-12(10)17-13/h1-4,7,11,17,19H,5-6,8-9H2,(H,16,21)/t11-/m0/s1. The first kappa shape index (κ1) is 13.6. The van der Waals surface area contributed by atoms with E-state index in [1.807, 2.05) is 24.3 Å². The zero-order valence-corrected chi connectivity index (χ0v) is 11.5. The number of aromatic nitrogens is 1. The van der Waals surface area contributed by atoms with Crippen molar-refractivity contribution in [2.45, 2.75) is 12.5 Å². The van der Waals surface area contributed by atoms with Crippen molar-refractivity contribution in [3.05, 3.63) is 36.0 Å². The number of amides is 2. The van der Waals surface area contributed by atoms with Crippen LogP contribution in [0.1, 0.15) is 16.9 Å². The van der Waals surface area contributed by atoms with E-state index in [4.69, 9.17) is 0 Å². The normalized spacial score (nSPS) is 18.1. The first-order valence-corrected chi connectivity index (χ1v) is 6.95. The number of H-pyrrole nitrogens is 1. The Labute approximate surface area is 121 Å². The number of β-amino-alcohol motifs (C(OH)–C–C–N with tert-alkyl or cyclic N) is 1. The Kier molecular flexibility index (Phi) is 3.62. The summed E-state index contributed by atoms with van der Waals surface area (Å²) in [6.45, 7) is 0.838. The maximum atomic E-state index is 12.0. The molecule has 0 unspecified atom stereocenters. The van der Waals surface area contributed by atoms with E-state index < -0.39 is 6.10 Å². The number of nitrogens with zero attached hydrogens (tertiary/aromatic N) is 1. The van der Waals surface area contributed by atoms with Crippen LogP contribution in [0.2, 0.25) is 0 Å². The molecular weight excluding hydrogens is 270 g/mol. The molecule has 3 N–H and O–H groups in total. The minimum Gasteiger partial charge on any atom is -0.391 e. The molecule has 21 heavy (non-hydrogen) atoms. The zero-order chi connectivity index (χ0) is 14.8. The van der Waals surface area contributed by atoms with Crippen LogP contribution in [0.4, 0.5) is 0 Å². The Bertz CT molecular complexity index is 647. The van der Waals surface area contributed by atoms with Gasteiger partial charge in [-0.15, -0.1) is 0 Å². The van der Waals surface area contributed by atoms with Crippen LogP contribution in [-0.2, 0) is 4.79 Å². The van der Waals surface area contributed by atoms with E-state index in [0.717, 1.165) is 10.9 Å². The van der Waals surface area contributed by atoms with Crippen molar-refractivity contribution in [1.82, 2.24) is 15.2 Å². The molecular formula is C15H17N3O3. The average Bonchev–Trinajstić information content (AvgIpc) is 3.10. The number of aliphatic hydroxyl groups excluding tert-OH is 1. The second-order valence-electron chi connectivity index (χ2n) is 5.24. The number of likely N-dealkylation sites (tertiary alicyclic amines) is 1. The van der Waals surface area contributed by atoms with Gasteiger partial charge in [0.1, 0.15) is 5.69 Å². The minimum absolute atomic E-state index is 0.0546. The minimum atomic E-state index is -0.446. The molecule has 110 valence electrons. The van der Waals surface area contributed by atoms with Gasteiger partial charge in [-0.2, -0.15) is 0 Å². The smallest absolute Gasteiger partial charge is 0.268 e. The second-order valence-corrected chi connectivity index (χ2v) is 5.24. The molecule has 1 aliphatic heterocycles. The van der Waals surface area contributed by atoms with Gasteiger partial charge in [0, 0.05) is 24.0 Å². The summed E-state index contributed by atoms with van der Waals surface area (Å²) in [4.78, 5) is 28.5. The quantitative estimate of drug-likeness (QED) is 0.768. The molecule has 0 radical (unpaired) electrons. The Hall–Kier alpha value is -2.34. The monoisotopic (exact) mass is 287 g/mol. The van der Waals surface area contributed by atoms with Gasteiger partial charge in [0.25, 0.3) is 5.91 Å². The fourth-order valence-corrected chi connectivity index (χ4v) is 2.53. The molecule has 1 fully saturated rings. The fourth-order valence-electron chi connectivity index (χ4n) is 2.53. The highest BCUT2D eigenvalue weighted by molar-refractivity contribution is 5.99. The summed E-state index contributed by atoms with van der Waals surface area (Å²) in [5.74, 6) is -0.477. The van der Waals surface area contributed by atoms with Crippen LogP contribution in [-0.4, -0.2) is 52.5 Å². The Morgan fingerprint density at radius 1 is 1.38 bits per heavy atom. The average molecular weight is 287 g/mol. The number of hydrogen-bond donors (Lipinski definition) is 3. The summed E-state index contributed by atoms with van der Waals surface area (Å²) in [7, 11) is 0. The van der Waals surface area contributed by atoms with Gasteiger partial charge in [0.05, 0.1) is 12.6 Å². The van der Waals surface area contributed by atoms with Crippen LogP contribution in [0, 0.1) is 0 Å². The molecule has 3 rings (SSSR count). The van der Waals surface area contributed by atoms with Crippen molar-refractivity contribution in [2.24, 2.45) is 0 Å². The van der Waals surface area contributed by atoms with Gasteiger partial charge in [-0.25, -0.2) is 0 Å². The van der Waals surface area contributed by atoms with Crippen LogP contribution in [0.15, 0.2) is 30.3 Å². The number of carbonyl (C=O) groups is 2. The van der Waals surface area contributed by atoms with E-state index in [-0.39, 0.29) is 18.4 Å². The lowest BCUT2D eigenvalue weighted by Gasteiger charge is -2.15. The number of aromatic amines is 1. The first-order valence-electron chi connectivity index (χ1n) is 6.95. The third-order valence-electron chi connectivity index (χ3n) is 3.69. The fraction of sp³-hybridized carbons (Fsp3) is 0.333. The van der Waals surface area contributed by atoms with Crippen molar-refractivity contribution >= 4 is 22.7 Å². The summed E-state index contributed by atoms with van der Waals surface area (Å²) in [5, 5.41) is 13.0. The molecule has 2 aromatic rings. The molecule has 1 saturated heterocycles. The summed E-state index contributed by atoms with van der Waals surface area (Å²) in [6.07, 6.45) is 0.153. The highest BCUT2D eigenvalue weighted by Gasteiger charge is 2.24. The molecule has 6 heteroatoms. The van der Waals surface area contributed by atoms with Crippen molar-refractivity contribution in [2.75, 3.05) is 19.6 Å². The molecule has 0 saturated carbocycles. The van der Waals surface area contributed by atoms with Gasteiger partial charge < -0.3 is 20.3 Å². The number of para-hydroxylation sites is 1. The molecule has 2 amide bonds. The molecule has 0 spiro atoms. The van der Waals surface area contributed by atoms with E-state index in [2.05, 4.69) is 10.3 Å². The van der Waals surface area contributed by atoms with Gasteiger partial charge in [0.15, 0.2) is 0 Å². The van der Waals surface area contributed by atoms with E-state index in [1.165, 1.54) is 0 Å². The zero-order valence-electron chi connectivity index (χ0n) is 11.5. The Morgan fingerprint density at radius 3 is 2.90 bits per heavy atom. The molecule has 1 aromatic carbocycles. The highest BCUT2D eigenvalue weighted by atomic mass is 16.3. The van der Waals surface area contributed by atoms with Crippen LogP contribution >= 0.6 is 0 Å². The molecule has 6 nitrogen and oxygen atoms in total. The van der Waals surface area contributed by atoms with E-state index in [9.17, 15) is 14.7 Å². The lowest BCUT2D eigenvalue weighted by molar-refractivity contribution is -0.129. The van der Waals surface area contributed by atoms with Crippen LogP contribution < -0.4 is 5.32 Å². The predicted molar refractivity (Wildman–Crippen MR) is 77.8 cm³/mol.